The van der Waals surface area contributed by atoms with E-state index in [2.05, 4.69) is 5.32 Å². The van der Waals surface area contributed by atoms with Crippen molar-refractivity contribution >= 4 is 17.5 Å². The number of nitrogens with zero attached hydrogens (tertiary/aromatic N) is 2. The zero-order chi connectivity index (χ0) is 18.9. The first-order chi connectivity index (χ1) is 12.5. The maximum atomic E-state index is 13.0. The Morgan fingerprint density at radius 3 is 2.38 bits per heavy atom. The van der Waals surface area contributed by atoms with Crippen molar-refractivity contribution in [1.82, 2.24) is 10.2 Å². The SMILES string of the molecule is CCN(CC(=O)NC(C)C)CC(=O)N(Cc1ccco1)c1ccccc1. The van der Waals surface area contributed by atoms with Gasteiger partial charge in [0.25, 0.3) is 0 Å². The average Bonchev–Trinajstić information content (AvgIpc) is 3.12. The van der Waals surface area contributed by atoms with Crippen LogP contribution in [0.15, 0.2) is 53.1 Å². The Hall–Kier alpha value is -2.60. The highest BCUT2D eigenvalue weighted by molar-refractivity contribution is 5.95. The van der Waals surface area contributed by atoms with Crippen molar-refractivity contribution in [3.8, 4) is 0 Å². The summed E-state index contributed by atoms with van der Waals surface area (Å²) >= 11 is 0. The minimum absolute atomic E-state index is 0.0769. The molecule has 0 aliphatic carbocycles. The summed E-state index contributed by atoms with van der Waals surface area (Å²) in [6.07, 6.45) is 1.59. The maximum absolute atomic E-state index is 13.0. The highest BCUT2D eigenvalue weighted by Crippen LogP contribution is 2.17. The highest BCUT2D eigenvalue weighted by atomic mass is 16.3. The van der Waals surface area contributed by atoms with Gasteiger partial charge >= 0.3 is 0 Å². The van der Waals surface area contributed by atoms with Gasteiger partial charge in [0.1, 0.15) is 5.76 Å². The number of anilines is 1. The second kappa shape index (κ2) is 9.77. The normalized spacial score (nSPS) is 11.0. The van der Waals surface area contributed by atoms with E-state index in [0.29, 0.717) is 18.8 Å². The molecule has 0 radical (unpaired) electrons. The molecule has 1 aromatic heterocycles. The summed E-state index contributed by atoms with van der Waals surface area (Å²) < 4.78 is 5.40. The smallest absolute Gasteiger partial charge is 0.241 e. The molecule has 0 aliphatic rings. The van der Waals surface area contributed by atoms with Gasteiger partial charge in [-0.05, 0) is 44.7 Å². The maximum Gasteiger partial charge on any atom is 0.241 e. The Morgan fingerprint density at radius 1 is 1.08 bits per heavy atom. The molecular weight excluding hydrogens is 330 g/mol. The lowest BCUT2D eigenvalue weighted by molar-refractivity contribution is -0.124. The van der Waals surface area contributed by atoms with Crippen LogP contribution >= 0.6 is 0 Å². The van der Waals surface area contributed by atoms with Crippen molar-refractivity contribution in [2.45, 2.75) is 33.4 Å². The highest BCUT2D eigenvalue weighted by Gasteiger charge is 2.21. The van der Waals surface area contributed by atoms with Gasteiger partial charge in [0.15, 0.2) is 0 Å². The molecule has 0 atom stereocenters. The predicted octanol–water partition coefficient (Wildman–Crippen LogP) is 2.66. The summed E-state index contributed by atoms with van der Waals surface area (Å²) in [7, 11) is 0. The number of carbonyl (C=O) groups is 2. The first kappa shape index (κ1) is 19.7. The third-order valence-electron chi connectivity index (χ3n) is 3.89. The van der Waals surface area contributed by atoms with Gasteiger partial charge in [-0.25, -0.2) is 0 Å². The number of likely N-dealkylation sites (N-methyl/N-ethyl adjacent to an activating group) is 1. The van der Waals surface area contributed by atoms with Crippen molar-refractivity contribution in [3.05, 3.63) is 54.5 Å². The van der Waals surface area contributed by atoms with Gasteiger partial charge in [0, 0.05) is 11.7 Å². The zero-order valence-electron chi connectivity index (χ0n) is 15.6. The third kappa shape index (κ3) is 6.04. The number of nitrogens with one attached hydrogen (secondary N) is 1. The fourth-order valence-electron chi connectivity index (χ4n) is 2.62. The molecule has 2 rings (SSSR count). The van der Waals surface area contributed by atoms with E-state index in [0.717, 1.165) is 5.69 Å². The number of hydrogen-bond donors (Lipinski definition) is 1. The topological polar surface area (TPSA) is 65.8 Å². The lowest BCUT2D eigenvalue weighted by Crippen LogP contribution is -2.45. The molecular formula is C20H27N3O3. The Balaban J connectivity index is 2.08. The second-order valence-electron chi connectivity index (χ2n) is 6.42. The van der Waals surface area contributed by atoms with E-state index >= 15 is 0 Å². The van der Waals surface area contributed by atoms with Crippen LogP contribution in [-0.2, 0) is 16.1 Å². The van der Waals surface area contributed by atoms with Crippen LogP contribution in [-0.4, -0.2) is 42.4 Å². The number of rotatable bonds is 9. The van der Waals surface area contributed by atoms with E-state index < -0.39 is 0 Å². The van der Waals surface area contributed by atoms with Crippen molar-refractivity contribution in [1.29, 1.82) is 0 Å². The molecule has 140 valence electrons. The minimum atomic E-state index is -0.0770. The van der Waals surface area contributed by atoms with Gasteiger partial charge in [0.05, 0.1) is 25.9 Å². The van der Waals surface area contributed by atoms with Crippen LogP contribution in [0.4, 0.5) is 5.69 Å². The number of para-hydroxylation sites is 1. The molecule has 0 saturated heterocycles. The second-order valence-corrected chi connectivity index (χ2v) is 6.42. The van der Waals surface area contributed by atoms with Gasteiger partial charge in [-0.15, -0.1) is 0 Å². The fourth-order valence-corrected chi connectivity index (χ4v) is 2.62. The molecule has 1 N–H and O–H groups in total. The Kier molecular flexibility index (Phi) is 7.41. The Labute approximate surface area is 154 Å². The molecule has 0 aliphatic heterocycles. The van der Waals surface area contributed by atoms with E-state index in [4.69, 9.17) is 4.42 Å². The lowest BCUT2D eigenvalue weighted by Gasteiger charge is -2.26. The van der Waals surface area contributed by atoms with E-state index in [1.165, 1.54) is 0 Å². The van der Waals surface area contributed by atoms with Crippen molar-refractivity contribution < 1.29 is 14.0 Å². The van der Waals surface area contributed by atoms with Gasteiger partial charge in [-0.3, -0.25) is 14.5 Å². The summed E-state index contributed by atoms with van der Waals surface area (Å²) in [6, 6.07) is 13.2. The van der Waals surface area contributed by atoms with Crippen LogP contribution in [0.1, 0.15) is 26.5 Å². The molecule has 1 heterocycles. The fraction of sp³-hybridized carbons (Fsp3) is 0.400. The lowest BCUT2D eigenvalue weighted by atomic mass is 10.2. The van der Waals surface area contributed by atoms with Crippen molar-refractivity contribution in [2.24, 2.45) is 0 Å². The molecule has 2 amide bonds. The average molecular weight is 357 g/mol. The summed E-state index contributed by atoms with van der Waals surface area (Å²) in [6.45, 7) is 7.10. The van der Waals surface area contributed by atoms with Crippen LogP contribution in [0, 0.1) is 0 Å². The van der Waals surface area contributed by atoms with Crippen molar-refractivity contribution in [2.75, 3.05) is 24.5 Å². The van der Waals surface area contributed by atoms with Gasteiger partial charge in [-0.2, -0.15) is 0 Å². The van der Waals surface area contributed by atoms with Gasteiger partial charge in [-0.1, -0.05) is 25.1 Å². The van der Waals surface area contributed by atoms with Crippen LogP contribution < -0.4 is 10.2 Å². The van der Waals surface area contributed by atoms with E-state index in [-0.39, 0.29) is 30.9 Å². The Morgan fingerprint density at radius 2 is 1.81 bits per heavy atom. The molecule has 0 unspecified atom stereocenters. The summed E-state index contributed by atoms with van der Waals surface area (Å²) in [5, 5.41) is 2.86. The molecule has 0 spiro atoms. The summed E-state index contributed by atoms with van der Waals surface area (Å²) in [5.41, 5.74) is 0.802. The first-order valence-corrected chi connectivity index (χ1v) is 8.89. The number of carbonyl (C=O) groups excluding carboxylic acids is 2. The molecule has 2 aromatic rings. The molecule has 0 fully saturated rings. The van der Waals surface area contributed by atoms with Gasteiger partial charge in [0.2, 0.25) is 11.8 Å². The number of amides is 2. The monoisotopic (exact) mass is 357 g/mol. The first-order valence-electron chi connectivity index (χ1n) is 8.89. The molecule has 6 heteroatoms. The standard InChI is InChI=1S/C20H27N3O3/c1-4-22(14-19(24)21-16(2)3)15-20(25)23(13-18-11-8-12-26-18)17-9-6-5-7-10-17/h5-12,16H,4,13-15H2,1-3H3,(H,21,24). The van der Waals surface area contributed by atoms with Crippen LogP contribution in [0.5, 0.6) is 0 Å². The summed E-state index contributed by atoms with van der Waals surface area (Å²) in [5.74, 6) is 0.557. The van der Waals surface area contributed by atoms with Crippen LogP contribution in [0.3, 0.4) is 0 Å². The molecule has 1 aromatic carbocycles. The number of furan rings is 1. The van der Waals surface area contributed by atoms with E-state index in [1.807, 2.05) is 62.1 Å². The predicted molar refractivity (Wildman–Crippen MR) is 102 cm³/mol. The number of benzene rings is 1. The molecule has 26 heavy (non-hydrogen) atoms. The molecule has 6 nitrogen and oxygen atoms in total. The van der Waals surface area contributed by atoms with Crippen molar-refractivity contribution in [3.63, 3.8) is 0 Å². The summed E-state index contributed by atoms with van der Waals surface area (Å²) in [4.78, 5) is 28.5. The van der Waals surface area contributed by atoms with Crippen LogP contribution in [0.2, 0.25) is 0 Å². The molecule has 0 saturated carbocycles. The van der Waals surface area contributed by atoms with E-state index in [9.17, 15) is 9.59 Å². The zero-order valence-corrected chi connectivity index (χ0v) is 15.6. The minimum Gasteiger partial charge on any atom is -0.467 e. The largest absolute Gasteiger partial charge is 0.467 e. The van der Waals surface area contributed by atoms with Crippen LogP contribution in [0.25, 0.3) is 0 Å². The number of hydrogen-bond acceptors (Lipinski definition) is 4. The van der Waals surface area contributed by atoms with E-state index in [1.54, 1.807) is 17.2 Å². The van der Waals surface area contributed by atoms with Gasteiger partial charge < -0.3 is 14.6 Å². The third-order valence-corrected chi connectivity index (χ3v) is 3.89. The quantitative estimate of drug-likeness (QED) is 0.749. The Bertz CT molecular complexity index is 684. The molecule has 0 bridgehead atoms.